The molecule has 0 unspecified atom stereocenters. The monoisotopic (exact) mass is 489 g/mol. The minimum absolute atomic E-state index is 0. The number of hydrogen-bond acceptors (Lipinski definition) is 6. The maximum absolute atomic E-state index is 10.4. The second-order valence-electron chi connectivity index (χ2n) is 7.41. The fourth-order valence-corrected chi connectivity index (χ4v) is 4.33. The Labute approximate surface area is 202 Å². The molecule has 1 aromatic carbocycles. The Bertz CT molecular complexity index is 1210. The van der Waals surface area contributed by atoms with Crippen molar-refractivity contribution >= 4 is 34.0 Å². The molecule has 0 aliphatic carbocycles. The van der Waals surface area contributed by atoms with E-state index in [9.17, 15) is 4.79 Å². The average Bonchev–Trinajstić information content (AvgIpc) is 3.33. The second kappa shape index (κ2) is 12.3. The van der Waals surface area contributed by atoms with Crippen LogP contribution in [0.3, 0.4) is 0 Å². The van der Waals surface area contributed by atoms with Gasteiger partial charge in [-0.15, -0.1) is 0 Å². The number of aliphatic hydroxyl groups excluding tert-OH is 1. The molecule has 0 atom stereocenters. The van der Waals surface area contributed by atoms with Crippen molar-refractivity contribution in [2.75, 3.05) is 12.3 Å². The van der Waals surface area contributed by atoms with Gasteiger partial charge in [-0.05, 0) is 25.0 Å². The van der Waals surface area contributed by atoms with Crippen molar-refractivity contribution in [2.45, 2.75) is 39.7 Å². The molecule has 0 radical (unpaired) electrons. The number of nitrogens with one attached hydrogen (secondary N) is 1. The molecule has 3 heterocycles. The highest BCUT2D eigenvalue weighted by Gasteiger charge is 2.17. The number of anilines is 1. The molecule has 33 heavy (non-hydrogen) atoms. The molecule has 0 amide bonds. The van der Waals surface area contributed by atoms with Gasteiger partial charge in [-0.2, -0.15) is 4.57 Å². The first kappa shape index (κ1) is 26.2. The van der Waals surface area contributed by atoms with E-state index in [0.29, 0.717) is 31.0 Å². The molecule has 8 nitrogen and oxygen atoms in total. The maximum atomic E-state index is 10.4. The third-order valence-electron chi connectivity index (χ3n) is 5.14. The third kappa shape index (κ3) is 6.98. The lowest BCUT2D eigenvalue weighted by molar-refractivity contribution is -0.689. The summed E-state index contributed by atoms with van der Waals surface area (Å²) in [5, 5.41) is 18.7. The first-order valence-electron chi connectivity index (χ1n) is 10.3. The molecule has 10 heteroatoms. The minimum atomic E-state index is -0.754. The van der Waals surface area contributed by atoms with Crippen LogP contribution in [0, 0.1) is 13.8 Å². The number of halogens is 1. The number of thiazole rings is 1. The zero-order chi connectivity index (χ0) is 23.1. The summed E-state index contributed by atoms with van der Waals surface area (Å²) in [6.45, 7) is 4.71. The molecule has 0 spiro atoms. The number of aryl methyl sites for hydroxylation is 2. The van der Waals surface area contributed by atoms with Crippen molar-refractivity contribution in [3.05, 3.63) is 69.7 Å². The fraction of sp³-hybridized carbons (Fsp3) is 0.304. The number of aliphatic hydroxyl groups is 1. The number of carboxylic acid groups (broad SMARTS) is 1. The quantitative estimate of drug-likeness (QED) is 0.266. The van der Waals surface area contributed by atoms with Gasteiger partial charge >= 0.3 is 5.97 Å². The number of benzene rings is 1. The molecule has 0 aliphatic heterocycles. The number of H-pyrrole nitrogens is 1. The van der Waals surface area contributed by atoms with E-state index in [2.05, 4.69) is 19.5 Å². The number of rotatable bonds is 7. The summed E-state index contributed by atoms with van der Waals surface area (Å²) in [6, 6.07) is 7.91. The molecule has 0 saturated heterocycles. The molecule has 176 valence electrons. The predicted octanol–water partition coefficient (Wildman–Crippen LogP) is -0.203. The number of fused-ring (bicyclic) bond motifs is 1. The third-order valence-corrected chi connectivity index (χ3v) is 6.28. The van der Waals surface area contributed by atoms with E-state index in [1.165, 1.54) is 4.88 Å². The van der Waals surface area contributed by atoms with Gasteiger partial charge in [0.15, 0.2) is 12.2 Å². The highest BCUT2D eigenvalue weighted by atomic mass is 35.5. The summed E-state index contributed by atoms with van der Waals surface area (Å²) in [7, 11) is 0. The Kier molecular flexibility index (Phi) is 9.77. The summed E-state index contributed by atoms with van der Waals surface area (Å²) in [6.07, 6.45) is 5.12. The highest BCUT2D eigenvalue weighted by Crippen LogP contribution is 2.18. The fourth-order valence-electron chi connectivity index (χ4n) is 3.35. The minimum Gasteiger partial charge on any atom is -1.00 e. The molecule has 0 aliphatic rings. The largest absolute Gasteiger partial charge is 1.00 e. The molecule has 4 aromatic rings. The van der Waals surface area contributed by atoms with E-state index >= 15 is 0 Å². The second-order valence-corrected chi connectivity index (χ2v) is 8.35. The Hall–Kier alpha value is -3.01. The van der Waals surface area contributed by atoms with Crippen LogP contribution in [-0.2, 0) is 24.2 Å². The number of nitrogens with zero attached hydrogens (tertiary/aromatic N) is 3. The molecular weight excluding hydrogens is 462 g/mol. The molecule has 0 bridgehead atoms. The molecule has 4 rings (SSSR count). The standard InChI is InChI=1S/C12H17N4OS.C11H11NO2.ClH/c1-8-11(3-4-17)18-7-16(8)6-10-5-14-9(2)15-12(10)13;13-11(14)6-5-8-7-12-10-4-2-1-3-9(8)10;/h5,7,17H,3-4,6H2,1-2H3,(H2,13,14,15);1-4,7,12H,5-6H2,(H,13,14);1H/q+1;;/p-1. The summed E-state index contributed by atoms with van der Waals surface area (Å²) in [5.74, 6) is 0.462. The number of aromatic nitrogens is 4. The normalized spacial score (nSPS) is 10.4. The van der Waals surface area contributed by atoms with Crippen LogP contribution in [0.5, 0.6) is 0 Å². The molecule has 5 N–H and O–H groups in total. The van der Waals surface area contributed by atoms with Crippen molar-refractivity contribution in [1.29, 1.82) is 0 Å². The van der Waals surface area contributed by atoms with E-state index < -0.39 is 5.97 Å². The van der Waals surface area contributed by atoms with Gasteiger partial charge in [0.1, 0.15) is 11.6 Å². The number of para-hydroxylation sites is 1. The van der Waals surface area contributed by atoms with Crippen LogP contribution in [0.2, 0.25) is 0 Å². The van der Waals surface area contributed by atoms with Gasteiger partial charge in [-0.3, -0.25) is 4.79 Å². The summed E-state index contributed by atoms with van der Waals surface area (Å²) < 4.78 is 2.11. The Morgan fingerprint density at radius 2 is 1.97 bits per heavy atom. The molecular formula is C23H28ClN5O3S. The first-order valence-corrected chi connectivity index (χ1v) is 11.2. The van der Waals surface area contributed by atoms with Crippen LogP contribution in [-0.4, -0.2) is 37.7 Å². The number of nitrogen functional groups attached to an aromatic ring is 1. The number of hydrogen-bond donors (Lipinski definition) is 4. The topological polar surface area (TPSA) is 129 Å². The van der Waals surface area contributed by atoms with Crippen molar-refractivity contribution in [3.63, 3.8) is 0 Å². The van der Waals surface area contributed by atoms with Crippen LogP contribution in [0.15, 0.2) is 42.2 Å². The van der Waals surface area contributed by atoms with Gasteiger partial charge in [-0.25, -0.2) is 9.97 Å². The smallest absolute Gasteiger partial charge is 0.303 e. The van der Waals surface area contributed by atoms with Gasteiger partial charge < -0.3 is 33.3 Å². The van der Waals surface area contributed by atoms with Gasteiger partial charge in [0.2, 0.25) is 5.51 Å². The number of aromatic amines is 1. The van der Waals surface area contributed by atoms with E-state index in [1.54, 1.807) is 17.5 Å². The number of nitrogens with two attached hydrogens (primary N) is 1. The van der Waals surface area contributed by atoms with E-state index in [0.717, 1.165) is 27.7 Å². The highest BCUT2D eigenvalue weighted by molar-refractivity contribution is 7.09. The Morgan fingerprint density at radius 1 is 1.21 bits per heavy atom. The van der Waals surface area contributed by atoms with Gasteiger partial charge in [0.05, 0.1) is 10.4 Å². The lowest BCUT2D eigenvalue weighted by atomic mass is 10.1. The Morgan fingerprint density at radius 3 is 2.67 bits per heavy atom. The summed E-state index contributed by atoms with van der Waals surface area (Å²) in [5.41, 5.74) is 12.1. The van der Waals surface area contributed by atoms with Crippen LogP contribution in [0.1, 0.15) is 33.9 Å². The van der Waals surface area contributed by atoms with Gasteiger partial charge in [0.25, 0.3) is 0 Å². The van der Waals surface area contributed by atoms with Crippen molar-refractivity contribution < 1.29 is 32.0 Å². The zero-order valence-electron chi connectivity index (χ0n) is 18.6. The van der Waals surface area contributed by atoms with Crippen molar-refractivity contribution in [3.8, 4) is 0 Å². The van der Waals surface area contributed by atoms with Crippen LogP contribution < -0.4 is 22.7 Å². The lowest BCUT2D eigenvalue weighted by Gasteiger charge is -2.01. The first-order chi connectivity index (χ1) is 15.4. The van der Waals surface area contributed by atoms with E-state index in [4.69, 9.17) is 15.9 Å². The van der Waals surface area contributed by atoms with Crippen LogP contribution in [0.25, 0.3) is 10.9 Å². The summed E-state index contributed by atoms with van der Waals surface area (Å²) >= 11 is 1.65. The summed E-state index contributed by atoms with van der Waals surface area (Å²) in [4.78, 5) is 23.1. The molecule has 0 saturated carbocycles. The molecule has 3 aromatic heterocycles. The maximum Gasteiger partial charge on any atom is 0.303 e. The molecule has 0 fully saturated rings. The predicted molar refractivity (Wildman–Crippen MR) is 125 cm³/mol. The average molecular weight is 490 g/mol. The Balaban J connectivity index is 0.000000233. The van der Waals surface area contributed by atoms with Crippen LogP contribution >= 0.6 is 11.3 Å². The lowest BCUT2D eigenvalue weighted by Crippen LogP contribution is -3.00. The number of aliphatic carboxylic acids is 1. The number of carbonyl (C=O) groups is 1. The van der Waals surface area contributed by atoms with E-state index in [1.807, 2.05) is 49.8 Å². The van der Waals surface area contributed by atoms with Crippen molar-refractivity contribution in [1.82, 2.24) is 15.0 Å². The zero-order valence-corrected chi connectivity index (χ0v) is 20.2. The van der Waals surface area contributed by atoms with E-state index in [-0.39, 0.29) is 25.4 Å². The number of carboxylic acids is 1. The van der Waals surface area contributed by atoms with Gasteiger partial charge in [-0.1, -0.05) is 29.5 Å². The van der Waals surface area contributed by atoms with Crippen molar-refractivity contribution in [2.24, 2.45) is 0 Å². The van der Waals surface area contributed by atoms with Gasteiger partial charge in [0, 0.05) is 49.7 Å². The van der Waals surface area contributed by atoms with Crippen LogP contribution in [0.4, 0.5) is 5.82 Å². The SMILES string of the molecule is Cc1ncc(C[n+]2csc(CCO)c2C)c(N)n1.O=C(O)CCc1c[nH]c2ccccc12.[Cl-].